The Kier molecular flexibility index (Phi) is 16.8. The van der Waals surface area contributed by atoms with E-state index in [1.54, 1.807) is 0 Å². The zero-order valence-corrected chi connectivity index (χ0v) is 27.8. The van der Waals surface area contributed by atoms with Gasteiger partial charge in [0.05, 0.1) is 6.61 Å². The van der Waals surface area contributed by atoms with E-state index in [4.69, 9.17) is 19.9 Å². The van der Waals surface area contributed by atoms with Crippen LogP contribution in [0.25, 0.3) is 0 Å². The van der Waals surface area contributed by atoms with Crippen molar-refractivity contribution in [2.75, 3.05) is 13.2 Å². The number of nitrogens with two attached hydrogens (primary N) is 1. The predicted molar refractivity (Wildman–Crippen MR) is 174 cm³/mol. The molecule has 272 valence electrons. The first-order valence-corrected chi connectivity index (χ1v) is 17.3. The highest BCUT2D eigenvalue weighted by atomic mass is 16.7. The number of aliphatic hydroxyl groups excluding tert-OH is 4. The Morgan fingerprint density at radius 3 is 2.08 bits per heavy atom. The Morgan fingerprint density at radius 1 is 0.958 bits per heavy atom. The van der Waals surface area contributed by atoms with Gasteiger partial charge in [-0.3, -0.25) is 23.9 Å². The number of unbranched alkanes of at least 4 members (excludes halogenated alkanes) is 13. The lowest BCUT2D eigenvalue weighted by atomic mass is 9.94. The standard InChI is InChI=1S/C33H54N4O11/c1-2-3-4-5-6-7-8-9-10-11-12-13-14-15-17-35-30(44)23-19-22(39)26(42)32(46-23)48-28(29(34)43)27-21(20-38)25(41)31(47-27)37-18-16-24(40)36-33(37)45/h16,18-19,21-22,25-28,31-32,38-39,41-42H,2-15,17,20H2,1H3,(H2,34,43)(H,35,44)(H,36,40,45)/t21-,22-,25+,26-,27-,28+,31+,32+/m0/s1. The van der Waals surface area contributed by atoms with Gasteiger partial charge in [0, 0.05) is 24.7 Å². The molecule has 15 heteroatoms. The molecule has 1 aromatic heterocycles. The molecule has 0 spiro atoms. The number of H-pyrrole nitrogens is 1. The van der Waals surface area contributed by atoms with Gasteiger partial charge in [-0.1, -0.05) is 90.4 Å². The summed E-state index contributed by atoms with van der Waals surface area (Å²) in [6.45, 7) is 1.87. The van der Waals surface area contributed by atoms with Gasteiger partial charge in [-0.15, -0.1) is 0 Å². The van der Waals surface area contributed by atoms with Crippen LogP contribution in [0.15, 0.2) is 33.7 Å². The van der Waals surface area contributed by atoms with Crippen LogP contribution in [0, 0.1) is 5.92 Å². The highest BCUT2D eigenvalue weighted by molar-refractivity contribution is 5.91. The summed E-state index contributed by atoms with van der Waals surface area (Å²) < 4.78 is 17.7. The lowest BCUT2D eigenvalue weighted by Gasteiger charge is -2.35. The second-order valence-electron chi connectivity index (χ2n) is 12.7. The van der Waals surface area contributed by atoms with E-state index in [1.165, 1.54) is 64.2 Å². The van der Waals surface area contributed by atoms with Gasteiger partial charge in [-0.05, 0) is 12.5 Å². The number of carbonyl (C=O) groups excluding carboxylic acids is 2. The van der Waals surface area contributed by atoms with Gasteiger partial charge in [-0.25, -0.2) is 4.79 Å². The van der Waals surface area contributed by atoms with Crippen LogP contribution >= 0.6 is 0 Å². The smallest absolute Gasteiger partial charge is 0.330 e. The van der Waals surface area contributed by atoms with Crippen LogP contribution in [0.2, 0.25) is 0 Å². The third-order valence-corrected chi connectivity index (χ3v) is 8.88. The quantitative estimate of drug-likeness (QED) is 0.0846. The number of aromatic nitrogens is 2. The zero-order valence-electron chi connectivity index (χ0n) is 27.8. The summed E-state index contributed by atoms with van der Waals surface area (Å²) in [6.07, 6.45) is 7.66. The molecule has 0 bridgehead atoms. The Hall–Kier alpha value is -3.08. The molecule has 2 aliphatic rings. The number of nitrogens with zero attached hydrogens (tertiary/aromatic N) is 1. The maximum absolute atomic E-state index is 12.8. The number of nitrogens with one attached hydrogen (secondary N) is 2. The monoisotopic (exact) mass is 682 g/mol. The molecule has 1 aromatic rings. The SMILES string of the molecule is CCCCCCCCCCCCCCCCNC(=O)C1=C[C@H](O)[C@H](O)[C@@H](O[C@@H](C(N)=O)[C@H]2O[C@@H](n3ccc(=O)[nH]c3=O)[C@H](O)[C@@H]2CO)O1. The van der Waals surface area contributed by atoms with Crippen molar-refractivity contribution >= 4 is 11.8 Å². The summed E-state index contributed by atoms with van der Waals surface area (Å²) in [7, 11) is 0. The molecule has 0 unspecified atom stereocenters. The van der Waals surface area contributed by atoms with Crippen LogP contribution in [-0.2, 0) is 23.8 Å². The molecule has 15 nitrogen and oxygen atoms in total. The fourth-order valence-corrected chi connectivity index (χ4v) is 6.06. The van der Waals surface area contributed by atoms with Crippen LogP contribution in [0.3, 0.4) is 0 Å². The fourth-order valence-electron chi connectivity index (χ4n) is 6.06. The normalized spacial score (nSPS) is 26.1. The topological polar surface area (TPSA) is 236 Å². The Balaban J connectivity index is 1.45. The molecule has 0 saturated carbocycles. The number of hydrogen-bond donors (Lipinski definition) is 7. The molecule has 2 aliphatic heterocycles. The predicted octanol–water partition coefficient (Wildman–Crippen LogP) is 0.833. The Bertz CT molecular complexity index is 1280. The molecule has 2 amide bonds. The van der Waals surface area contributed by atoms with E-state index in [0.717, 1.165) is 48.6 Å². The number of hydrogen-bond acceptors (Lipinski definition) is 11. The maximum Gasteiger partial charge on any atom is 0.330 e. The lowest BCUT2D eigenvalue weighted by Crippen LogP contribution is -2.53. The Morgan fingerprint density at radius 2 is 1.54 bits per heavy atom. The van der Waals surface area contributed by atoms with Crippen molar-refractivity contribution in [1.29, 1.82) is 0 Å². The first-order chi connectivity index (χ1) is 23.1. The molecule has 0 radical (unpaired) electrons. The third-order valence-electron chi connectivity index (χ3n) is 8.88. The van der Waals surface area contributed by atoms with Crippen molar-refractivity contribution in [2.45, 2.75) is 140 Å². The number of rotatable bonds is 22. The summed E-state index contributed by atoms with van der Waals surface area (Å²) in [6, 6.07) is 1.02. The van der Waals surface area contributed by atoms with E-state index < -0.39 is 78.6 Å². The number of aromatic amines is 1. The van der Waals surface area contributed by atoms with Crippen LogP contribution < -0.4 is 22.3 Å². The van der Waals surface area contributed by atoms with Crippen molar-refractivity contribution in [3.8, 4) is 0 Å². The van der Waals surface area contributed by atoms with Crippen LogP contribution in [0.4, 0.5) is 0 Å². The molecule has 48 heavy (non-hydrogen) atoms. The minimum atomic E-state index is -1.77. The van der Waals surface area contributed by atoms with E-state index in [9.17, 15) is 39.6 Å². The van der Waals surface area contributed by atoms with Gasteiger partial charge in [0.1, 0.15) is 24.4 Å². The molecule has 8 atom stereocenters. The Labute approximate surface area is 280 Å². The summed E-state index contributed by atoms with van der Waals surface area (Å²) in [5.41, 5.74) is 3.96. The van der Waals surface area contributed by atoms with Crippen LogP contribution in [0.1, 0.15) is 103 Å². The molecule has 3 heterocycles. The van der Waals surface area contributed by atoms with E-state index in [1.807, 2.05) is 4.98 Å². The molecule has 0 aromatic carbocycles. The second-order valence-corrected chi connectivity index (χ2v) is 12.7. The van der Waals surface area contributed by atoms with Crippen molar-refractivity contribution in [2.24, 2.45) is 11.7 Å². The van der Waals surface area contributed by atoms with Crippen LogP contribution in [0.5, 0.6) is 0 Å². The van der Waals surface area contributed by atoms with E-state index in [2.05, 4.69) is 12.2 Å². The minimum Gasteiger partial charge on any atom is -0.456 e. The largest absolute Gasteiger partial charge is 0.456 e. The zero-order chi connectivity index (χ0) is 35.1. The molecule has 1 saturated heterocycles. The first kappa shape index (κ1) is 39.4. The van der Waals surface area contributed by atoms with Gasteiger partial charge in [0.15, 0.2) is 18.1 Å². The van der Waals surface area contributed by atoms with Crippen LogP contribution in [-0.4, -0.2) is 91.8 Å². The average Bonchev–Trinajstić information content (AvgIpc) is 3.38. The number of primary amides is 1. The fraction of sp³-hybridized carbons (Fsp3) is 0.758. The van der Waals surface area contributed by atoms with Crippen molar-refractivity contribution in [3.05, 3.63) is 44.9 Å². The minimum absolute atomic E-state index is 0.338. The number of amides is 2. The van der Waals surface area contributed by atoms with Gasteiger partial charge < -0.3 is 45.7 Å². The molecule has 1 fully saturated rings. The van der Waals surface area contributed by atoms with E-state index >= 15 is 0 Å². The number of aliphatic hydroxyl groups is 4. The number of carbonyl (C=O) groups is 2. The first-order valence-electron chi connectivity index (χ1n) is 17.3. The third kappa shape index (κ3) is 11.5. The van der Waals surface area contributed by atoms with E-state index in [-0.39, 0.29) is 5.76 Å². The lowest BCUT2D eigenvalue weighted by molar-refractivity contribution is -0.239. The van der Waals surface area contributed by atoms with Crippen molar-refractivity contribution in [3.63, 3.8) is 0 Å². The summed E-state index contributed by atoms with van der Waals surface area (Å²) in [4.78, 5) is 51.1. The summed E-state index contributed by atoms with van der Waals surface area (Å²) >= 11 is 0. The molecule has 0 aliphatic carbocycles. The molecular formula is C33H54N4O11. The molecule has 8 N–H and O–H groups in total. The van der Waals surface area contributed by atoms with Gasteiger partial charge in [0.2, 0.25) is 12.2 Å². The number of ether oxygens (including phenoxy) is 3. The van der Waals surface area contributed by atoms with E-state index in [0.29, 0.717) is 6.54 Å². The molecule has 3 rings (SSSR count). The second kappa shape index (κ2) is 20.4. The average molecular weight is 683 g/mol. The van der Waals surface area contributed by atoms with Crippen molar-refractivity contribution < 1.29 is 44.2 Å². The molecular weight excluding hydrogens is 628 g/mol. The maximum atomic E-state index is 12.8. The van der Waals surface area contributed by atoms with Gasteiger partial charge in [0.25, 0.3) is 11.5 Å². The highest BCUT2D eigenvalue weighted by Gasteiger charge is 2.51. The summed E-state index contributed by atoms with van der Waals surface area (Å²) in [5.74, 6) is -3.34. The van der Waals surface area contributed by atoms with Gasteiger partial charge in [-0.2, -0.15) is 0 Å². The van der Waals surface area contributed by atoms with Crippen molar-refractivity contribution in [1.82, 2.24) is 14.9 Å². The van der Waals surface area contributed by atoms with Gasteiger partial charge >= 0.3 is 5.69 Å². The summed E-state index contributed by atoms with van der Waals surface area (Å²) in [5, 5.41) is 44.5. The highest BCUT2D eigenvalue weighted by Crippen LogP contribution is 2.36.